The minimum atomic E-state index is -0.272. The highest BCUT2D eigenvalue weighted by Gasteiger charge is 2.11. The summed E-state index contributed by atoms with van der Waals surface area (Å²) in [6, 6.07) is 11.0. The molecule has 0 heterocycles. The van der Waals surface area contributed by atoms with Crippen LogP contribution in [0.25, 0.3) is 0 Å². The maximum atomic E-state index is 12.2. The Morgan fingerprint density at radius 2 is 2.00 bits per heavy atom. The fourth-order valence-electron chi connectivity index (χ4n) is 1.86. The average molecular weight is 505 g/mol. The first-order valence-electron chi connectivity index (χ1n) is 6.62. The van der Waals surface area contributed by atoms with Crippen molar-refractivity contribution in [2.45, 2.75) is 6.92 Å². The number of anilines is 1. The second kappa shape index (κ2) is 8.07. The Kier molecular flexibility index (Phi) is 6.37. The molecule has 7 heteroatoms. The molecule has 23 heavy (non-hydrogen) atoms. The summed E-state index contributed by atoms with van der Waals surface area (Å²) in [5.41, 5.74) is 2.44. The first-order valence-corrected chi connectivity index (χ1v) is 8.90. The van der Waals surface area contributed by atoms with Gasteiger partial charge in [0.15, 0.2) is 5.11 Å². The van der Waals surface area contributed by atoms with Crippen LogP contribution >= 0.6 is 50.7 Å². The second-order valence-electron chi connectivity index (χ2n) is 4.74. The van der Waals surface area contributed by atoms with Crippen molar-refractivity contribution < 1.29 is 9.53 Å². The summed E-state index contributed by atoms with van der Waals surface area (Å²) < 4.78 is 6.92. The molecule has 120 valence electrons. The minimum Gasteiger partial charge on any atom is -0.496 e. The fraction of sp³-hybridized carbons (Fsp3) is 0.125. The largest absolute Gasteiger partial charge is 0.496 e. The van der Waals surface area contributed by atoms with Crippen LogP contribution in [0.3, 0.4) is 0 Å². The van der Waals surface area contributed by atoms with E-state index in [2.05, 4.69) is 49.2 Å². The number of benzene rings is 2. The van der Waals surface area contributed by atoms with Gasteiger partial charge in [0, 0.05) is 10.0 Å². The molecule has 0 bridgehead atoms. The molecule has 0 saturated heterocycles. The van der Waals surface area contributed by atoms with Gasteiger partial charge >= 0.3 is 0 Å². The van der Waals surface area contributed by atoms with E-state index < -0.39 is 0 Å². The lowest BCUT2D eigenvalue weighted by atomic mass is 10.2. The van der Waals surface area contributed by atoms with E-state index in [1.165, 1.54) is 0 Å². The number of aryl methyl sites for hydroxylation is 1. The Labute approximate surface area is 162 Å². The zero-order chi connectivity index (χ0) is 17.0. The normalized spacial score (nSPS) is 10.1. The van der Waals surface area contributed by atoms with Gasteiger partial charge in [-0.3, -0.25) is 10.1 Å². The van der Waals surface area contributed by atoms with E-state index in [4.69, 9.17) is 17.0 Å². The molecule has 0 spiro atoms. The molecule has 0 aliphatic carbocycles. The predicted octanol–water partition coefficient (Wildman–Crippen LogP) is 4.50. The van der Waals surface area contributed by atoms with Crippen molar-refractivity contribution in [1.82, 2.24) is 5.32 Å². The Morgan fingerprint density at radius 3 is 2.61 bits per heavy atom. The SMILES string of the molecule is COc1ccc(C(=O)NC(=S)Nc2ccc(C)cc2Br)cc1I. The summed E-state index contributed by atoms with van der Waals surface area (Å²) in [5.74, 6) is 0.456. The van der Waals surface area contributed by atoms with Gasteiger partial charge in [0.05, 0.1) is 16.4 Å². The third-order valence-corrected chi connectivity index (χ3v) is 4.72. The van der Waals surface area contributed by atoms with Gasteiger partial charge in [0.1, 0.15) is 5.75 Å². The van der Waals surface area contributed by atoms with Gasteiger partial charge in [-0.1, -0.05) is 6.07 Å². The first-order chi connectivity index (χ1) is 10.9. The van der Waals surface area contributed by atoms with Crippen molar-refractivity contribution in [3.05, 3.63) is 55.6 Å². The van der Waals surface area contributed by atoms with Gasteiger partial charge < -0.3 is 10.1 Å². The highest BCUT2D eigenvalue weighted by molar-refractivity contribution is 14.1. The maximum absolute atomic E-state index is 12.2. The maximum Gasteiger partial charge on any atom is 0.257 e. The van der Waals surface area contributed by atoms with Gasteiger partial charge in [0.25, 0.3) is 5.91 Å². The van der Waals surface area contributed by atoms with E-state index in [-0.39, 0.29) is 11.0 Å². The van der Waals surface area contributed by atoms with Crippen molar-refractivity contribution >= 4 is 67.4 Å². The fourth-order valence-corrected chi connectivity index (χ4v) is 3.39. The van der Waals surface area contributed by atoms with Crippen molar-refractivity contribution in [3.63, 3.8) is 0 Å². The number of carbonyl (C=O) groups is 1. The van der Waals surface area contributed by atoms with Gasteiger partial charge in [-0.25, -0.2) is 0 Å². The minimum absolute atomic E-state index is 0.241. The highest BCUT2D eigenvalue weighted by Crippen LogP contribution is 2.23. The van der Waals surface area contributed by atoms with E-state index in [0.717, 1.165) is 25.0 Å². The van der Waals surface area contributed by atoms with E-state index >= 15 is 0 Å². The summed E-state index contributed by atoms with van der Waals surface area (Å²) in [6.07, 6.45) is 0. The Hall–Kier alpha value is -1.19. The lowest BCUT2D eigenvalue weighted by molar-refractivity contribution is 0.0977. The molecule has 0 aliphatic heterocycles. The summed E-state index contributed by atoms with van der Waals surface area (Å²) in [5, 5.41) is 5.91. The number of nitrogens with one attached hydrogen (secondary N) is 2. The molecule has 1 amide bonds. The van der Waals surface area contributed by atoms with Crippen LogP contribution in [-0.2, 0) is 0 Å². The Balaban J connectivity index is 2.05. The van der Waals surface area contributed by atoms with Crippen LogP contribution in [-0.4, -0.2) is 18.1 Å². The molecular weight excluding hydrogens is 491 g/mol. The highest BCUT2D eigenvalue weighted by atomic mass is 127. The number of carbonyl (C=O) groups excluding carboxylic acids is 1. The third-order valence-electron chi connectivity index (χ3n) is 3.01. The van der Waals surface area contributed by atoms with Crippen molar-refractivity contribution in [2.75, 3.05) is 12.4 Å². The molecule has 0 saturated carbocycles. The van der Waals surface area contributed by atoms with E-state index in [1.807, 2.05) is 25.1 Å². The number of halogens is 2. The van der Waals surface area contributed by atoms with Crippen LogP contribution in [0.2, 0.25) is 0 Å². The summed E-state index contributed by atoms with van der Waals surface area (Å²) in [4.78, 5) is 12.2. The monoisotopic (exact) mass is 504 g/mol. The number of hydrogen-bond donors (Lipinski definition) is 2. The van der Waals surface area contributed by atoms with Crippen LogP contribution in [0.1, 0.15) is 15.9 Å². The first kappa shape index (κ1) is 18.2. The molecule has 2 aromatic rings. The van der Waals surface area contributed by atoms with E-state index in [1.54, 1.807) is 25.3 Å². The zero-order valence-electron chi connectivity index (χ0n) is 12.4. The molecule has 4 nitrogen and oxygen atoms in total. The molecular formula is C16H14BrIN2O2S. The van der Waals surface area contributed by atoms with Crippen molar-refractivity contribution in [2.24, 2.45) is 0 Å². The van der Waals surface area contributed by atoms with Crippen LogP contribution in [0.4, 0.5) is 5.69 Å². The summed E-state index contributed by atoms with van der Waals surface area (Å²) in [7, 11) is 1.59. The molecule has 0 radical (unpaired) electrons. The molecule has 0 fully saturated rings. The molecule has 2 aromatic carbocycles. The smallest absolute Gasteiger partial charge is 0.257 e. The zero-order valence-corrected chi connectivity index (χ0v) is 17.0. The van der Waals surface area contributed by atoms with Crippen LogP contribution in [0, 0.1) is 10.5 Å². The third kappa shape index (κ3) is 4.89. The number of thiocarbonyl (C=S) groups is 1. The average Bonchev–Trinajstić information content (AvgIpc) is 2.50. The van der Waals surface area contributed by atoms with Crippen molar-refractivity contribution in [3.8, 4) is 5.75 Å². The quantitative estimate of drug-likeness (QED) is 0.477. The predicted molar refractivity (Wildman–Crippen MR) is 108 cm³/mol. The van der Waals surface area contributed by atoms with Crippen LogP contribution < -0.4 is 15.4 Å². The molecule has 0 aromatic heterocycles. The summed E-state index contributed by atoms with van der Waals surface area (Å²) in [6.45, 7) is 2.00. The van der Waals surface area contributed by atoms with Crippen LogP contribution in [0.5, 0.6) is 5.75 Å². The molecule has 0 aliphatic rings. The number of hydrogen-bond acceptors (Lipinski definition) is 3. The van der Waals surface area contributed by atoms with Crippen molar-refractivity contribution in [1.29, 1.82) is 0 Å². The molecule has 0 atom stereocenters. The van der Waals surface area contributed by atoms with Gasteiger partial charge in [0.2, 0.25) is 0 Å². The Morgan fingerprint density at radius 1 is 1.26 bits per heavy atom. The number of ether oxygens (including phenoxy) is 1. The topological polar surface area (TPSA) is 50.4 Å². The summed E-state index contributed by atoms with van der Waals surface area (Å²) >= 11 is 10.8. The number of rotatable bonds is 3. The lowest BCUT2D eigenvalue weighted by Crippen LogP contribution is -2.34. The molecule has 2 rings (SSSR count). The lowest BCUT2D eigenvalue weighted by Gasteiger charge is -2.12. The van der Waals surface area contributed by atoms with Gasteiger partial charge in [-0.05, 0) is 93.6 Å². The molecule has 2 N–H and O–H groups in total. The number of methoxy groups -OCH3 is 1. The van der Waals surface area contributed by atoms with E-state index in [9.17, 15) is 4.79 Å². The number of amides is 1. The molecule has 0 unspecified atom stereocenters. The Bertz CT molecular complexity index is 768. The standard InChI is InChI=1S/C16H14BrIN2O2S/c1-9-3-5-13(11(17)7-9)19-16(23)20-15(21)10-4-6-14(22-2)12(18)8-10/h3-8H,1-2H3,(H2,19,20,21,23). The second-order valence-corrected chi connectivity index (χ2v) is 7.17. The van der Waals surface area contributed by atoms with Gasteiger partial charge in [-0.2, -0.15) is 0 Å². The van der Waals surface area contributed by atoms with Gasteiger partial charge in [-0.15, -0.1) is 0 Å². The van der Waals surface area contributed by atoms with E-state index in [0.29, 0.717) is 5.56 Å². The van der Waals surface area contributed by atoms with Crippen LogP contribution in [0.15, 0.2) is 40.9 Å².